The molecule has 0 aromatic carbocycles. The molecule has 0 aliphatic rings. The Kier molecular flexibility index (Phi) is 3.03. The van der Waals surface area contributed by atoms with Gasteiger partial charge in [-0.3, -0.25) is 0 Å². The standard InChI is InChI=1S/C7H6Cl2N2O3/c1-14-5-3(10)2(8)4(7(12)13)11-6(5)9/h1H3,(H2,10,11)(H,12,13). The number of methoxy groups -OCH3 is 1. The van der Waals surface area contributed by atoms with Gasteiger partial charge in [-0.25, -0.2) is 9.78 Å². The molecule has 14 heavy (non-hydrogen) atoms. The van der Waals surface area contributed by atoms with E-state index in [0.717, 1.165) is 0 Å². The van der Waals surface area contributed by atoms with Crippen molar-refractivity contribution in [2.24, 2.45) is 0 Å². The van der Waals surface area contributed by atoms with Crippen molar-refractivity contribution in [1.82, 2.24) is 4.98 Å². The first kappa shape index (κ1) is 10.9. The molecule has 0 saturated heterocycles. The average molecular weight is 237 g/mol. The minimum absolute atomic E-state index is 0.0356. The summed E-state index contributed by atoms with van der Waals surface area (Å²) >= 11 is 11.2. The zero-order chi connectivity index (χ0) is 10.9. The Hall–Kier alpha value is -1.20. The highest BCUT2D eigenvalue weighted by atomic mass is 35.5. The fourth-order valence-electron chi connectivity index (χ4n) is 0.872. The summed E-state index contributed by atoms with van der Waals surface area (Å²) in [6.45, 7) is 0. The van der Waals surface area contributed by atoms with Crippen LogP contribution in [0.5, 0.6) is 5.75 Å². The van der Waals surface area contributed by atoms with Crippen molar-refractivity contribution in [2.75, 3.05) is 12.8 Å². The fourth-order valence-corrected chi connectivity index (χ4v) is 1.34. The number of aromatic nitrogens is 1. The first-order valence-electron chi connectivity index (χ1n) is 3.40. The first-order valence-corrected chi connectivity index (χ1v) is 4.16. The SMILES string of the molecule is COc1c(Cl)nc(C(=O)O)c(Cl)c1N. The summed E-state index contributed by atoms with van der Waals surface area (Å²) in [5.74, 6) is -1.23. The van der Waals surface area contributed by atoms with Crippen LogP contribution in [0.2, 0.25) is 10.2 Å². The molecule has 0 saturated carbocycles. The smallest absolute Gasteiger partial charge is 0.356 e. The monoisotopic (exact) mass is 236 g/mol. The van der Waals surface area contributed by atoms with Crippen LogP contribution in [0.25, 0.3) is 0 Å². The molecular formula is C7H6Cl2N2O3. The van der Waals surface area contributed by atoms with Crippen LogP contribution in [-0.2, 0) is 0 Å². The topological polar surface area (TPSA) is 85.4 Å². The minimum atomic E-state index is -1.30. The lowest BCUT2D eigenvalue weighted by Crippen LogP contribution is -2.06. The summed E-state index contributed by atoms with van der Waals surface area (Å²) in [5.41, 5.74) is 5.06. The number of carbonyl (C=O) groups is 1. The maximum absolute atomic E-state index is 10.6. The van der Waals surface area contributed by atoms with Gasteiger partial charge in [0.15, 0.2) is 16.6 Å². The van der Waals surface area contributed by atoms with Crippen LogP contribution in [0.15, 0.2) is 0 Å². The molecule has 5 nitrogen and oxygen atoms in total. The van der Waals surface area contributed by atoms with E-state index in [1.807, 2.05) is 0 Å². The van der Waals surface area contributed by atoms with Crippen molar-refractivity contribution < 1.29 is 14.6 Å². The molecular weight excluding hydrogens is 231 g/mol. The Labute approximate surface area is 89.4 Å². The molecule has 0 aliphatic carbocycles. The third-order valence-electron chi connectivity index (χ3n) is 1.49. The van der Waals surface area contributed by atoms with Gasteiger partial charge in [-0.1, -0.05) is 23.2 Å². The number of aromatic carboxylic acids is 1. The molecule has 0 spiro atoms. The van der Waals surface area contributed by atoms with Crippen molar-refractivity contribution >= 4 is 34.9 Å². The minimum Gasteiger partial charge on any atom is -0.491 e. The normalized spacial score (nSPS) is 9.93. The van der Waals surface area contributed by atoms with Gasteiger partial charge in [-0.15, -0.1) is 0 Å². The summed E-state index contributed by atoms with van der Waals surface area (Å²) < 4.78 is 4.79. The number of anilines is 1. The van der Waals surface area contributed by atoms with Crippen LogP contribution in [0, 0.1) is 0 Å². The van der Waals surface area contributed by atoms with E-state index >= 15 is 0 Å². The Morgan fingerprint density at radius 1 is 1.57 bits per heavy atom. The van der Waals surface area contributed by atoms with Gasteiger partial charge in [0.1, 0.15) is 5.02 Å². The van der Waals surface area contributed by atoms with Crippen molar-refractivity contribution in [3.8, 4) is 5.75 Å². The zero-order valence-electron chi connectivity index (χ0n) is 7.04. The Morgan fingerprint density at radius 2 is 2.14 bits per heavy atom. The van der Waals surface area contributed by atoms with Gasteiger partial charge in [0.25, 0.3) is 0 Å². The Balaban J connectivity index is 3.47. The second kappa shape index (κ2) is 3.89. The summed E-state index contributed by atoms with van der Waals surface area (Å²) in [4.78, 5) is 14.2. The van der Waals surface area contributed by atoms with Gasteiger partial charge in [-0.05, 0) is 0 Å². The lowest BCUT2D eigenvalue weighted by atomic mass is 10.3. The molecule has 0 unspecified atom stereocenters. The predicted molar refractivity (Wildman–Crippen MR) is 52.2 cm³/mol. The number of carboxylic acid groups (broad SMARTS) is 1. The second-order valence-electron chi connectivity index (χ2n) is 2.32. The maximum atomic E-state index is 10.6. The van der Waals surface area contributed by atoms with Crippen LogP contribution in [-0.4, -0.2) is 23.2 Å². The van der Waals surface area contributed by atoms with E-state index in [1.165, 1.54) is 7.11 Å². The van der Waals surface area contributed by atoms with E-state index in [0.29, 0.717) is 0 Å². The van der Waals surface area contributed by atoms with E-state index in [1.54, 1.807) is 0 Å². The number of halogens is 2. The van der Waals surface area contributed by atoms with Crippen LogP contribution in [0.1, 0.15) is 10.5 Å². The number of rotatable bonds is 2. The molecule has 3 N–H and O–H groups in total. The third kappa shape index (κ3) is 1.69. The molecule has 0 atom stereocenters. The number of hydrogen-bond acceptors (Lipinski definition) is 4. The highest BCUT2D eigenvalue weighted by Gasteiger charge is 2.20. The predicted octanol–water partition coefficient (Wildman–Crippen LogP) is 1.68. The quantitative estimate of drug-likeness (QED) is 0.764. The summed E-state index contributed by atoms with van der Waals surface area (Å²) in [6.07, 6.45) is 0. The van der Waals surface area contributed by atoms with Gasteiger partial charge in [-0.2, -0.15) is 0 Å². The van der Waals surface area contributed by atoms with E-state index < -0.39 is 11.7 Å². The molecule has 1 aromatic heterocycles. The molecule has 1 heterocycles. The van der Waals surface area contributed by atoms with Gasteiger partial charge >= 0.3 is 5.97 Å². The molecule has 76 valence electrons. The summed E-state index contributed by atoms with van der Waals surface area (Å²) in [6, 6.07) is 0. The molecule has 0 aliphatic heterocycles. The van der Waals surface area contributed by atoms with E-state index in [2.05, 4.69) is 4.98 Å². The van der Waals surface area contributed by atoms with Gasteiger partial charge in [0.05, 0.1) is 12.8 Å². The number of ether oxygens (including phenoxy) is 1. The number of nitrogens with two attached hydrogens (primary N) is 1. The number of nitrogen functional groups attached to an aromatic ring is 1. The second-order valence-corrected chi connectivity index (χ2v) is 3.05. The van der Waals surface area contributed by atoms with Crippen molar-refractivity contribution in [3.05, 3.63) is 15.9 Å². The molecule has 7 heteroatoms. The molecule has 1 aromatic rings. The lowest BCUT2D eigenvalue weighted by molar-refractivity contribution is 0.0690. The van der Waals surface area contributed by atoms with Crippen LogP contribution < -0.4 is 10.5 Å². The number of hydrogen-bond donors (Lipinski definition) is 2. The highest BCUT2D eigenvalue weighted by Crippen LogP contribution is 2.36. The fraction of sp³-hybridized carbons (Fsp3) is 0.143. The number of pyridine rings is 1. The zero-order valence-corrected chi connectivity index (χ0v) is 8.56. The first-order chi connectivity index (χ1) is 6.49. The Bertz CT molecular complexity index is 395. The average Bonchev–Trinajstić information content (AvgIpc) is 2.12. The lowest BCUT2D eigenvalue weighted by Gasteiger charge is -2.09. The number of nitrogens with zero attached hydrogens (tertiary/aromatic N) is 1. The Morgan fingerprint density at radius 3 is 2.57 bits per heavy atom. The van der Waals surface area contributed by atoms with Gasteiger partial charge in [0.2, 0.25) is 0 Å². The molecule has 1 rings (SSSR count). The molecule has 0 fully saturated rings. The van der Waals surface area contributed by atoms with Crippen LogP contribution in [0.3, 0.4) is 0 Å². The van der Waals surface area contributed by atoms with Crippen molar-refractivity contribution in [3.63, 3.8) is 0 Å². The highest BCUT2D eigenvalue weighted by molar-refractivity contribution is 6.38. The maximum Gasteiger partial charge on any atom is 0.356 e. The summed E-state index contributed by atoms with van der Waals surface area (Å²) in [7, 11) is 1.33. The van der Waals surface area contributed by atoms with Gasteiger partial charge < -0.3 is 15.6 Å². The van der Waals surface area contributed by atoms with Crippen LogP contribution >= 0.6 is 23.2 Å². The molecule has 0 amide bonds. The largest absolute Gasteiger partial charge is 0.491 e. The third-order valence-corrected chi connectivity index (χ3v) is 2.13. The van der Waals surface area contributed by atoms with E-state index in [4.69, 9.17) is 38.8 Å². The molecule has 0 radical (unpaired) electrons. The molecule has 0 bridgehead atoms. The van der Waals surface area contributed by atoms with E-state index in [9.17, 15) is 4.79 Å². The van der Waals surface area contributed by atoms with Crippen molar-refractivity contribution in [1.29, 1.82) is 0 Å². The number of carboxylic acids is 1. The summed E-state index contributed by atoms with van der Waals surface area (Å²) in [5, 5.41) is 8.36. The van der Waals surface area contributed by atoms with Crippen molar-refractivity contribution in [2.45, 2.75) is 0 Å². The van der Waals surface area contributed by atoms with Gasteiger partial charge in [0, 0.05) is 0 Å². The van der Waals surface area contributed by atoms with E-state index in [-0.39, 0.29) is 21.6 Å². The van der Waals surface area contributed by atoms with Crippen LogP contribution in [0.4, 0.5) is 5.69 Å².